The van der Waals surface area contributed by atoms with Gasteiger partial charge >= 0.3 is 5.97 Å². The number of aromatic nitrogens is 2. The summed E-state index contributed by atoms with van der Waals surface area (Å²) in [6.45, 7) is 1.69. The molecular formula is C14H22N4O3. The Morgan fingerprint density at radius 2 is 2.29 bits per heavy atom. The summed E-state index contributed by atoms with van der Waals surface area (Å²) in [7, 11) is 1.75. The van der Waals surface area contributed by atoms with Gasteiger partial charge in [-0.05, 0) is 19.8 Å². The number of carbonyl (C=O) groups excluding carboxylic acids is 1. The van der Waals surface area contributed by atoms with Gasteiger partial charge in [-0.3, -0.25) is 14.3 Å². The number of nitrogens with one attached hydrogen (secondary N) is 1. The summed E-state index contributed by atoms with van der Waals surface area (Å²) >= 11 is 0. The standard InChI is InChI=1S/C14H22N4O3/c1-14(13(20)21)6-4-3-5-10(14)17-12(19)11(15)9-7-16-18(2)8-9/h7-8,10-11H,3-6,15H2,1-2H3,(H,17,19)(H,20,21). The maximum atomic E-state index is 12.3. The molecule has 1 heterocycles. The van der Waals surface area contributed by atoms with Crippen LogP contribution in [-0.2, 0) is 16.6 Å². The Bertz CT molecular complexity index is 542. The number of hydrogen-bond donors (Lipinski definition) is 3. The molecule has 0 saturated heterocycles. The van der Waals surface area contributed by atoms with E-state index in [2.05, 4.69) is 10.4 Å². The number of amides is 1. The van der Waals surface area contributed by atoms with Crippen LogP contribution in [-0.4, -0.2) is 32.8 Å². The molecule has 1 aliphatic carbocycles. The maximum Gasteiger partial charge on any atom is 0.311 e. The van der Waals surface area contributed by atoms with Crippen molar-refractivity contribution in [2.75, 3.05) is 0 Å². The number of nitrogens with two attached hydrogens (primary N) is 1. The Hall–Kier alpha value is -1.89. The molecule has 1 aromatic heterocycles. The van der Waals surface area contributed by atoms with Crippen LogP contribution in [0.1, 0.15) is 44.2 Å². The summed E-state index contributed by atoms with van der Waals surface area (Å²) in [5.41, 5.74) is 5.61. The minimum Gasteiger partial charge on any atom is -0.481 e. The van der Waals surface area contributed by atoms with Crippen molar-refractivity contribution in [3.05, 3.63) is 18.0 Å². The fourth-order valence-corrected chi connectivity index (χ4v) is 2.83. The van der Waals surface area contributed by atoms with E-state index in [4.69, 9.17) is 5.73 Å². The van der Waals surface area contributed by atoms with E-state index >= 15 is 0 Å². The molecule has 1 amide bonds. The molecule has 0 aliphatic heterocycles. The van der Waals surface area contributed by atoms with Crippen LogP contribution in [0.3, 0.4) is 0 Å². The second-order valence-electron chi connectivity index (χ2n) is 5.95. The van der Waals surface area contributed by atoms with Gasteiger partial charge in [0.25, 0.3) is 0 Å². The molecule has 0 spiro atoms. The molecule has 7 nitrogen and oxygen atoms in total. The van der Waals surface area contributed by atoms with Gasteiger partial charge in [0.15, 0.2) is 0 Å². The third-order valence-electron chi connectivity index (χ3n) is 4.38. The molecule has 7 heteroatoms. The molecule has 4 N–H and O–H groups in total. The predicted octanol–water partition coefficient (Wildman–Crippen LogP) is 0.570. The number of aliphatic carboxylic acids is 1. The zero-order valence-electron chi connectivity index (χ0n) is 12.4. The zero-order chi connectivity index (χ0) is 15.6. The molecule has 1 aliphatic rings. The van der Waals surface area contributed by atoms with Crippen molar-refractivity contribution in [1.82, 2.24) is 15.1 Å². The first-order valence-electron chi connectivity index (χ1n) is 7.12. The lowest BCUT2D eigenvalue weighted by Gasteiger charge is -2.38. The average molecular weight is 294 g/mol. The van der Waals surface area contributed by atoms with Crippen LogP contribution < -0.4 is 11.1 Å². The number of carboxylic acids is 1. The summed E-state index contributed by atoms with van der Waals surface area (Å²) in [5.74, 6) is -1.23. The smallest absolute Gasteiger partial charge is 0.311 e. The monoisotopic (exact) mass is 294 g/mol. The van der Waals surface area contributed by atoms with E-state index in [-0.39, 0.29) is 11.9 Å². The van der Waals surface area contributed by atoms with Gasteiger partial charge in [0.2, 0.25) is 5.91 Å². The average Bonchev–Trinajstić information content (AvgIpc) is 2.87. The van der Waals surface area contributed by atoms with Crippen molar-refractivity contribution in [2.24, 2.45) is 18.2 Å². The van der Waals surface area contributed by atoms with Gasteiger partial charge in [0, 0.05) is 24.8 Å². The Labute approximate surface area is 123 Å². The number of rotatable bonds is 4. The normalized spacial score (nSPS) is 27.1. The van der Waals surface area contributed by atoms with Crippen molar-refractivity contribution in [3.8, 4) is 0 Å². The van der Waals surface area contributed by atoms with E-state index in [9.17, 15) is 14.7 Å². The van der Waals surface area contributed by atoms with E-state index in [1.54, 1.807) is 31.0 Å². The summed E-state index contributed by atoms with van der Waals surface area (Å²) < 4.78 is 1.57. The van der Waals surface area contributed by atoms with Gasteiger partial charge in [0.05, 0.1) is 11.6 Å². The SMILES string of the molecule is Cn1cc(C(N)C(=O)NC2CCCCC2(C)C(=O)O)cn1. The molecule has 2 rings (SSSR count). The molecule has 21 heavy (non-hydrogen) atoms. The first-order valence-corrected chi connectivity index (χ1v) is 7.12. The zero-order valence-corrected chi connectivity index (χ0v) is 12.4. The quantitative estimate of drug-likeness (QED) is 0.752. The second-order valence-corrected chi connectivity index (χ2v) is 5.95. The van der Waals surface area contributed by atoms with Crippen molar-refractivity contribution < 1.29 is 14.7 Å². The highest BCUT2D eigenvalue weighted by atomic mass is 16.4. The van der Waals surface area contributed by atoms with Gasteiger partial charge in [-0.25, -0.2) is 0 Å². The van der Waals surface area contributed by atoms with Crippen molar-refractivity contribution in [3.63, 3.8) is 0 Å². The van der Waals surface area contributed by atoms with Gasteiger partial charge in [-0.2, -0.15) is 5.10 Å². The lowest BCUT2D eigenvalue weighted by molar-refractivity contribution is -0.152. The molecule has 116 valence electrons. The van der Waals surface area contributed by atoms with Gasteiger partial charge in [-0.1, -0.05) is 12.8 Å². The fraction of sp³-hybridized carbons (Fsp3) is 0.643. The van der Waals surface area contributed by atoms with E-state index in [1.807, 2.05) is 0 Å². The Morgan fingerprint density at radius 1 is 1.57 bits per heavy atom. The summed E-state index contributed by atoms with van der Waals surface area (Å²) in [6, 6.07) is -1.22. The molecule has 1 saturated carbocycles. The number of aryl methyl sites for hydroxylation is 1. The van der Waals surface area contributed by atoms with Gasteiger partial charge in [-0.15, -0.1) is 0 Å². The molecule has 0 radical (unpaired) electrons. The number of nitrogens with zero attached hydrogens (tertiary/aromatic N) is 2. The summed E-state index contributed by atoms with van der Waals surface area (Å²) in [5, 5.41) is 16.2. The molecule has 3 unspecified atom stereocenters. The minimum absolute atomic E-state index is 0.359. The molecule has 0 aromatic carbocycles. The predicted molar refractivity (Wildman–Crippen MR) is 76.3 cm³/mol. The topological polar surface area (TPSA) is 110 Å². The summed E-state index contributed by atoms with van der Waals surface area (Å²) in [6.07, 6.45) is 6.23. The van der Waals surface area contributed by atoms with Crippen molar-refractivity contribution in [2.45, 2.75) is 44.7 Å². The van der Waals surface area contributed by atoms with E-state index in [1.165, 1.54) is 0 Å². The van der Waals surface area contributed by atoms with E-state index in [0.29, 0.717) is 18.4 Å². The molecular weight excluding hydrogens is 272 g/mol. The van der Waals surface area contributed by atoms with Crippen molar-refractivity contribution in [1.29, 1.82) is 0 Å². The lowest BCUT2D eigenvalue weighted by atomic mass is 9.71. The molecule has 3 atom stereocenters. The van der Waals surface area contributed by atoms with Gasteiger partial charge < -0.3 is 16.2 Å². The summed E-state index contributed by atoms with van der Waals surface area (Å²) in [4.78, 5) is 23.8. The van der Waals surface area contributed by atoms with Crippen LogP contribution >= 0.6 is 0 Å². The molecule has 0 bridgehead atoms. The van der Waals surface area contributed by atoms with Gasteiger partial charge in [0.1, 0.15) is 6.04 Å². The largest absolute Gasteiger partial charge is 0.481 e. The van der Waals surface area contributed by atoms with Crippen LogP contribution in [0.5, 0.6) is 0 Å². The highest BCUT2D eigenvalue weighted by Crippen LogP contribution is 2.36. The Morgan fingerprint density at radius 3 is 2.86 bits per heavy atom. The minimum atomic E-state index is -0.928. The Balaban J connectivity index is 2.08. The first kappa shape index (κ1) is 15.5. The van der Waals surface area contributed by atoms with Crippen LogP contribution in [0.15, 0.2) is 12.4 Å². The highest BCUT2D eigenvalue weighted by Gasteiger charge is 2.44. The molecule has 1 aromatic rings. The number of carbonyl (C=O) groups is 2. The van der Waals surface area contributed by atoms with Crippen LogP contribution in [0.4, 0.5) is 0 Å². The van der Waals surface area contributed by atoms with Crippen LogP contribution in [0, 0.1) is 5.41 Å². The number of hydrogen-bond acceptors (Lipinski definition) is 4. The number of carboxylic acid groups (broad SMARTS) is 1. The molecule has 1 fully saturated rings. The van der Waals surface area contributed by atoms with Crippen molar-refractivity contribution >= 4 is 11.9 Å². The lowest BCUT2D eigenvalue weighted by Crippen LogP contribution is -2.53. The highest BCUT2D eigenvalue weighted by molar-refractivity contribution is 5.84. The third kappa shape index (κ3) is 3.07. The Kier molecular flexibility index (Phi) is 4.32. The third-order valence-corrected chi connectivity index (χ3v) is 4.38. The first-order chi connectivity index (χ1) is 9.84. The second kappa shape index (κ2) is 5.85. The van der Waals surface area contributed by atoms with E-state index in [0.717, 1.165) is 12.8 Å². The fourth-order valence-electron chi connectivity index (χ4n) is 2.83. The van der Waals surface area contributed by atoms with Crippen LogP contribution in [0.25, 0.3) is 0 Å². The van der Waals surface area contributed by atoms with Crippen LogP contribution in [0.2, 0.25) is 0 Å². The maximum absolute atomic E-state index is 12.3. The van der Waals surface area contributed by atoms with E-state index < -0.39 is 17.4 Å².